The van der Waals surface area contributed by atoms with Crippen LogP contribution in [-0.4, -0.2) is 21.3 Å². The summed E-state index contributed by atoms with van der Waals surface area (Å²) >= 11 is 7.62. The zero-order valence-corrected chi connectivity index (χ0v) is 12.8. The Morgan fingerprint density at radius 2 is 2.00 bits per heavy atom. The first-order chi connectivity index (χ1) is 7.79. The minimum absolute atomic E-state index is 0.00866. The van der Waals surface area contributed by atoms with E-state index in [2.05, 4.69) is 49.3 Å². The fourth-order valence-electron chi connectivity index (χ4n) is 1.39. The first-order valence-corrected chi connectivity index (χ1v) is 7.22. The van der Waals surface area contributed by atoms with Crippen LogP contribution in [0.15, 0.2) is 0 Å². The first kappa shape index (κ1) is 14.7. The van der Waals surface area contributed by atoms with Crippen molar-refractivity contribution in [1.82, 2.24) is 9.36 Å². The molecule has 0 bridgehead atoms. The number of anilines is 1. The van der Waals surface area contributed by atoms with Crippen LogP contribution in [0.1, 0.15) is 46.9 Å². The molecule has 1 rings (SSSR count). The Hall–Kier alpha value is -0.350. The van der Waals surface area contributed by atoms with Crippen LogP contribution in [0, 0.1) is 5.92 Å². The van der Waals surface area contributed by atoms with Gasteiger partial charge in [0.1, 0.15) is 5.82 Å². The molecule has 3 nitrogen and oxygen atoms in total. The second-order valence-corrected chi connectivity index (χ2v) is 7.15. The Labute approximate surface area is 113 Å². The SMILES string of the molecule is CC(C)CC(Cl)CNc1nc(C(C)(C)C)ns1. The summed E-state index contributed by atoms with van der Waals surface area (Å²) < 4.78 is 4.35. The highest BCUT2D eigenvalue weighted by Crippen LogP contribution is 2.23. The molecule has 98 valence electrons. The van der Waals surface area contributed by atoms with E-state index in [1.165, 1.54) is 11.5 Å². The molecule has 0 fully saturated rings. The summed E-state index contributed by atoms with van der Waals surface area (Å²) in [4.78, 5) is 4.47. The van der Waals surface area contributed by atoms with Gasteiger partial charge in [-0.15, -0.1) is 11.6 Å². The smallest absolute Gasteiger partial charge is 0.202 e. The summed E-state index contributed by atoms with van der Waals surface area (Å²) in [5, 5.41) is 4.27. The highest BCUT2D eigenvalue weighted by molar-refractivity contribution is 7.09. The third-order valence-corrected chi connectivity index (χ3v) is 3.30. The van der Waals surface area contributed by atoms with Crippen molar-refractivity contribution in [2.45, 2.75) is 51.8 Å². The lowest BCUT2D eigenvalue weighted by Crippen LogP contribution is -2.17. The van der Waals surface area contributed by atoms with E-state index in [4.69, 9.17) is 11.6 Å². The molecule has 17 heavy (non-hydrogen) atoms. The average molecular weight is 276 g/mol. The zero-order valence-electron chi connectivity index (χ0n) is 11.2. The Bertz CT molecular complexity index is 344. The predicted octanol–water partition coefficient (Wildman–Crippen LogP) is 3.90. The molecular formula is C12H22ClN3S. The number of aromatic nitrogens is 2. The summed E-state index contributed by atoms with van der Waals surface area (Å²) in [7, 11) is 0. The molecule has 0 spiro atoms. The Balaban J connectivity index is 2.45. The number of nitrogens with one attached hydrogen (secondary N) is 1. The monoisotopic (exact) mass is 275 g/mol. The van der Waals surface area contributed by atoms with Gasteiger partial charge >= 0.3 is 0 Å². The van der Waals surface area contributed by atoms with Crippen LogP contribution in [0.3, 0.4) is 0 Å². The van der Waals surface area contributed by atoms with Crippen molar-refractivity contribution < 1.29 is 0 Å². The molecule has 0 amide bonds. The fraction of sp³-hybridized carbons (Fsp3) is 0.833. The van der Waals surface area contributed by atoms with E-state index < -0.39 is 0 Å². The number of nitrogens with zero attached hydrogens (tertiary/aromatic N) is 2. The molecule has 1 atom stereocenters. The third kappa shape index (κ3) is 5.21. The van der Waals surface area contributed by atoms with Crippen LogP contribution in [0.5, 0.6) is 0 Å². The summed E-state index contributed by atoms with van der Waals surface area (Å²) in [5.74, 6) is 1.51. The normalized spacial score (nSPS) is 14.1. The summed E-state index contributed by atoms with van der Waals surface area (Å²) in [6, 6.07) is 0. The molecular weight excluding hydrogens is 254 g/mol. The van der Waals surface area contributed by atoms with E-state index >= 15 is 0 Å². The van der Waals surface area contributed by atoms with Crippen LogP contribution in [0.4, 0.5) is 5.13 Å². The summed E-state index contributed by atoms with van der Waals surface area (Å²) in [6.07, 6.45) is 1.01. The molecule has 0 radical (unpaired) electrons. The van der Waals surface area contributed by atoms with Crippen LogP contribution >= 0.6 is 23.1 Å². The van der Waals surface area contributed by atoms with Crippen LogP contribution in [-0.2, 0) is 5.41 Å². The lowest BCUT2D eigenvalue weighted by atomic mass is 9.96. The number of rotatable bonds is 5. The molecule has 1 N–H and O–H groups in total. The Kier molecular flexibility index (Phi) is 5.20. The van der Waals surface area contributed by atoms with Gasteiger partial charge in [0.15, 0.2) is 0 Å². The highest BCUT2D eigenvalue weighted by atomic mass is 35.5. The quantitative estimate of drug-likeness (QED) is 0.828. The van der Waals surface area contributed by atoms with Crippen LogP contribution in [0.2, 0.25) is 0 Å². The van der Waals surface area contributed by atoms with Crippen molar-refractivity contribution in [3.63, 3.8) is 0 Å². The van der Waals surface area contributed by atoms with Gasteiger partial charge in [-0.05, 0) is 12.3 Å². The van der Waals surface area contributed by atoms with Crippen molar-refractivity contribution in [1.29, 1.82) is 0 Å². The van der Waals surface area contributed by atoms with E-state index in [1.807, 2.05) is 0 Å². The minimum atomic E-state index is 0.00866. The number of alkyl halides is 1. The van der Waals surface area contributed by atoms with Gasteiger partial charge < -0.3 is 5.32 Å². The van der Waals surface area contributed by atoms with Gasteiger partial charge in [0, 0.05) is 23.5 Å². The molecule has 0 aliphatic heterocycles. The zero-order chi connectivity index (χ0) is 13.1. The topological polar surface area (TPSA) is 37.8 Å². The van der Waals surface area contributed by atoms with E-state index in [9.17, 15) is 0 Å². The van der Waals surface area contributed by atoms with Crippen LogP contribution in [0.25, 0.3) is 0 Å². The molecule has 0 saturated heterocycles. The average Bonchev–Trinajstić information content (AvgIpc) is 2.61. The molecule has 1 unspecified atom stereocenters. The van der Waals surface area contributed by atoms with E-state index in [-0.39, 0.29) is 10.8 Å². The molecule has 0 aliphatic rings. The fourth-order valence-corrected chi connectivity index (χ4v) is 2.59. The van der Waals surface area contributed by atoms with Crippen molar-refractivity contribution in [2.75, 3.05) is 11.9 Å². The van der Waals surface area contributed by atoms with Gasteiger partial charge in [-0.25, -0.2) is 4.98 Å². The van der Waals surface area contributed by atoms with Gasteiger partial charge in [0.05, 0.1) is 5.38 Å². The summed E-state index contributed by atoms with van der Waals surface area (Å²) in [5.41, 5.74) is 0.00866. The lowest BCUT2D eigenvalue weighted by molar-refractivity contribution is 0.554. The molecule has 1 heterocycles. The second kappa shape index (κ2) is 6.01. The summed E-state index contributed by atoms with van der Waals surface area (Å²) in [6.45, 7) is 11.4. The van der Waals surface area contributed by atoms with Crippen molar-refractivity contribution in [3.05, 3.63) is 5.82 Å². The number of hydrogen-bond donors (Lipinski definition) is 1. The van der Waals surface area contributed by atoms with Crippen molar-refractivity contribution in [3.8, 4) is 0 Å². The van der Waals surface area contributed by atoms with Gasteiger partial charge in [0.25, 0.3) is 0 Å². The molecule has 0 saturated carbocycles. The van der Waals surface area contributed by atoms with Gasteiger partial charge in [0.2, 0.25) is 5.13 Å². The van der Waals surface area contributed by atoms with Gasteiger partial charge in [-0.2, -0.15) is 4.37 Å². The standard InChI is InChI=1S/C12H22ClN3S/c1-8(2)6-9(13)7-14-11-15-10(16-17-11)12(3,4)5/h8-9H,6-7H2,1-5H3,(H,14,15,16). The molecule has 5 heteroatoms. The number of hydrogen-bond acceptors (Lipinski definition) is 4. The van der Waals surface area contributed by atoms with E-state index in [0.717, 1.165) is 23.9 Å². The predicted molar refractivity (Wildman–Crippen MR) is 76.2 cm³/mol. The molecule has 0 aromatic carbocycles. The molecule has 1 aromatic heterocycles. The molecule has 1 aromatic rings. The maximum Gasteiger partial charge on any atom is 0.202 e. The maximum absolute atomic E-state index is 6.22. The van der Waals surface area contributed by atoms with Crippen LogP contribution < -0.4 is 5.32 Å². The lowest BCUT2D eigenvalue weighted by Gasteiger charge is -2.13. The minimum Gasteiger partial charge on any atom is -0.359 e. The van der Waals surface area contributed by atoms with E-state index in [0.29, 0.717) is 5.92 Å². The second-order valence-electron chi connectivity index (χ2n) is 5.78. The van der Waals surface area contributed by atoms with Gasteiger partial charge in [-0.1, -0.05) is 34.6 Å². The Morgan fingerprint density at radius 3 is 2.47 bits per heavy atom. The first-order valence-electron chi connectivity index (χ1n) is 6.01. The maximum atomic E-state index is 6.22. The molecule has 0 aliphatic carbocycles. The van der Waals surface area contributed by atoms with Crippen molar-refractivity contribution in [2.24, 2.45) is 5.92 Å². The Morgan fingerprint density at radius 1 is 1.35 bits per heavy atom. The number of halogens is 1. The van der Waals surface area contributed by atoms with Crippen molar-refractivity contribution >= 4 is 28.3 Å². The van der Waals surface area contributed by atoms with Gasteiger partial charge in [-0.3, -0.25) is 0 Å². The largest absolute Gasteiger partial charge is 0.359 e. The third-order valence-electron chi connectivity index (χ3n) is 2.30. The highest BCUT2D eigenvalue weighted by Gasteiger charge is 2.19. The van der Waals surface area contributed by atoms with E-state index in [1.54, 1.807) is 0 Å².